The topological polar surface area (TPSA) is 97.4 Å². The highest BCUT2D eigenvalue weighted by Crippen LogP contribution is 2.27. The Morgan fingerprint density at radius 2 is 1.02 bits per heavy atom. The molecule has 0 saturated carbocycles. The number of ether oxygens (including phenoxy) is 3. The van der Waals surface area contributed by atoms with Gasteiger partial charge in [0.25, 0.3) is 0 Å². The highest BCUT2D eigenvalue weighted by molar-refractivity contribution is 6.87. The third-order valence-corrected chi connectivity index (χ3v) is 18.6. The van der Waals surface area contributed by atoms with Crippen molar-refractivity contribution in [1.29, 1.82) is 0 Å². The van der Waals surface area contributed by atoms with Gasteiger partial charge in [-0.15, -0.1) is 0 Å². The predicted octanol–water partition coefficient (Wildman–Crippen LogP) is 8.39. The molecule has 0 unspecified atom stereocenters. The zero-order valence-corrected chi connectivity index (χ0v) is 32.5. The van der Waals surface area contributed by atoms with E-state index >= 15 is 0 Å². The van der Waals surface area contributed by atoms with E-state index in [1.165, 1.54) is 18.9 Å². The van der Waals surface area contributed by atoms with Gasteiger partial charge in [-0.2, -0.15) is 0 Å². The minimum Gasteiger partial charge on any atom is -0.465 e. The molecule has 0 aliphatic carbocycles. The Labute approximate surface area is 261 Å². The van der Waals surface area contributed by atoms with E-state index in [1.54, 1.807) is 6.92 Å². The second-order valence-electron chi connectivity index (χ2n) is 14.0. The molecule has 0 fully saturated rings. The Morgan fingerprint density at radius 1 is 0.643 bits per heavy atom. The molecule has 0 atom stereocenters. The van der Waals surface area contributed by atoms with Crippen LogP contribution in [-0.4, -0.2) is 62.9 Å². The van der Waals surface area contributed by atoms with Crippen LogP contribution in [0.2, 0.25) is 51.4 Å². The van der Waals surface area contributed by atoms with Crippen molar-refractivity contribution in [2.75, 3.05) is 19.8 Å². The number of hydrogen-bond acceptors (Lipinski definition) is 8. The maximum atomic E-state index is 12.0. The molecule has 0 aliphatic heterocycles. The van der Waals surface area contributed by atoms with E-state index in [4.69, 9.17) is 22.4 Å². The van der Waals surface area contributed by atoms with Crippen LogP contribution in [0.15, 0.2) is 12.2 Å². The lowest BCUT2D eigenvalue weighted by atomic mass is 9.91. The molecule has 0 aromatic rings. The lowest BCUT2D eigenvalue weighted by molar-refractivity contribution is -0.158. The number of rotatable bonds is 19. The van der Waals surface area contributed by atoms with Gasteiger partial charge in [0.05, 0.1) is 17.4 Å². The summed E-state index contributed by atoms with van der Waals surface area (Å²) in [6, 6.07) is 2.19. The Bertz CT molecular complexity index is 851. The molecule has 0 radical (unpaired) electrons. The first-order chi connectivity index (χ1) is 19.0. The summed E-state index contributed by atoms with van der Waals surface area (Å²) in [5.41, 5.74) is -0.542. The highest BCUT2D eigenvalue weighted by Gasteiger charge is 2.39. The first kappa shape index (κ1) is 42.9. The van der Waals surface area contributed by atoms with Crippen molar-refractivity contribution in [3.05, 3.63) is 12.2 Å². The van der Waals surface area contributed by atoms with Gasteiger partial charge < -0.3 is 22.4 Å². The molecule has 42 heavy (non-hydrogen) atoms. The standard InChI is InChI=1S/C19H44O4Si3.C12H20O4/c1-11-13-16-24(5,6)22-26(9,10)23-25(7,8)17-14-15-21-18(20)19(3,4)12-2;1-6-12(4,5)11(14)16-8-7-15-10(13)9(2)3/h11-17H2,1-10H3;2,6-8H2,1,3-5H3. The van der Waals surface area contributed by atoms with Crippen LogP contribution in [0.4, 0.5) is 0 Å². The van der Waals surface area contributed by atoms with Gasteiger partial charge in [-0.25, -0.2) is 4.79 Å². The molecule has 0 bridgehead atoms. The molecule has 0 aliphatic rings. The average molecular weight is 649 g/mol. The molecule has 0 saturated heterocycles. The van der Waals surface area contributed by atoms with E-state index in [-0.39, 0.29) is 30.6 Å². The molecular formula is C31H64O8Si3. The fourth-order valence-corrected chi connectivity index (χ4v) is 18.0. The van der Waals surface area contributed by atoms with Crippen molar-refractivity contribution in [2.45, 2.75) is 139 Å². The van der Waals surface area contributed by atoms with Crippen molar-refractivity contribution in [1.82, 2.24) is 0 Å². The number of unbranched alkanes of at least 4 members (excludes halogenated alkanes) is 1. The van der Waals surface area contributed by atoms with E-state index < -0.39 is 36.6 Å². The summed E-state index contributed by atoms with van der Waals surface area (Å²) in [6.45, 7) is 32.8. The third kappa shape index (κ3) is 19.8. The van der Waals surface area contributed by atoms with Crippen molar-refractivity contribution < 1.29 is 36.8 Å². The van der Waals surface area contributed by atoms with E-state index in [9.17, 15) is 14.4 Å². The maximum Gasteiger partial charge on any atom is 0.333 e. The third-order valence-electron chi connectivity index (χ3n) is 7.10. The van der Waals surface area contributed by atoms with Gasteiger partial charge in [-0.3, -0.25) is 9.59 Å². The molecule has 0 amide bonds. The van der Waals surface area contributed by atoms with Gasteiger partial charge in [0, 0.05) is 5.57 Å². The van der Waals surface area contributed by atoms with E-state index in [0.717, 1.165) is 18.9 Å². The van der Waals surface area contributed by atoms with Crippen LogP contribution in [0.5, 0.6) is 0 Å². The fourth-order valence-electron chi connectivity index (χ4n) is 3.79. The molecule has 8 nitrogen and oxygen atoms in total. The van der Waals surface area contributed by atoms with Crippen LogP contribution in [0.3, 0.4) is 0 Å². The summed E-state index contributed by atoms with van der Waals surface area (Å²) in [6.07, 6.45) is 4.83. The van der Waals surface area contributed by atoms with E-state index in [0.29, 0.717) is 18.6 Å². The van der Waals surface area contributed by atoms with E-state index in [1.807, 2.05) is 41.5 Å². The molecule has 0 N–H and O–H groups in total. The summed E-state index contributed by atoms with van der Waals surface area (Å²) in [7, 11) is -5.60. The second-order valence-corrected chi connectivity index (χ2v) is 26.5. The van der Waals surface area contributed by atoms with Gasteiger partial charge in [-0.1, -0.05) is 40.2 Å². The van der Waals surface area contributed by atoms with Crippen LogP contribution in [0, 0.1) is 10.8 Å². The van der Waals surface area contributed by atoms with Crippen LogP contribution in [-0.2, 0) is 36.8 Å². The van der Waals surface area contributed by atoms with Crippen molar-refractivity contribution in [3.8, 4) is 0 Å². The van der Waals surface area contributed by atoms with Gasteiger partial charge in [-0.05, 0) is 105 Å². The molecule has 11 heteroatoms. The summed E-state index contributed by atoms with van der Waals surface area (Å²) < 4.78 is 28.4. The van der Waals surface area contributed by atoms with Crippen LogP contribution < -0.4 is 0 Å². The normalized spacial score (nSPS) is 12.6. The summed E-state index contributed by atoms with van der Waals surface area (Å²) in [5, 5.41) is 0. The Hall–Kier alpha value is -1.28. The van der Waals surface area contributed by atoms with Gasteiger partial charge in [0.2, 0.25) is 0 Å². The van der Waals surface area contributed by atoms with Gasteiger partial charge >= 0.3 is 26.5 Å². The molecule has 248 valence electrons. The van der Waals surface area contributed by atoms with Crippen LogP contribution >= 0.6 is 0 Å². The van der Waals surface area contributed by atoms with Crippen LogP contribution in [0.25, 0.3) is 0 Å². The molecule has 0 spiro atoms. The zero-order valence-electron chi connectivity index (χ0n) is 29.5. The number of hydrogen-bond donors (Lipinski definition) is 0. The summed E-state index contributed by atoms with van der Waals surface area (Å²) >= 11 is 0. The monoisotopic (exact) mass is 648 g/mol. The fraction of sp³-hybridized carbons (Fsp3) is 0.839. The summed E-state index contributed by atoms with van der Waals surface area (Å²) in [4.78, 5) is 34.5. The Balaban J connectivity index is 0. The minimum atomic E-state index is -2.13. The lowest BCUT2D eigenvalue weighted by Gasteiger charge is -2.38. The zero-order chi connectivity index (χ0) is 33.4. The lowest BCUT2D eigenvalue weighted by Crippen LogP contribution is -2.52. The van der Waals surface area contributed by atoms with Crippen LogP contribution in [0.1, 0.15) is 87.5 Å². The van der Waals surface area contributed by atoms with E-state index in [2.05, 4.69) is 52.8 Å². The first-order valence-electron chi connectivity index (χ1n) is 15.5. The summed E-state index contributed by atoms with van der Waals surface area (Å²) in [5.74, 6) is -0.839. The predicted molar refractivity (Wildman–Crippen MR) is 180 cm³/mol. The first-order valence-corrected chi connectivity index (χ1v) is 24.6. The second kappa shape index (κ2) is 19.2. The number of carbonyl (C=O) groups is 3. The van der Waals surface area contributed by atoms with Crippen molar-refractivity contribution in [3.63, 3.8) is 0 Å². The number of carbonyl (C=O) groups excluding carboxylic acids is 3. The Morgan fingerprint density at radius 3 is 1.40 bits per heavy atom. The highest BCUT2D eigenvalue weighted by atomic mass is 28.5. The maximum absolute atomic E-state index is 12.0. The average Bonchev–Trinajstić information content (AvgIpc) is 2.86. The molecule has 0 aromatic carbocycles. The Kier molecular flexibility index (Phi) is 19.6. The largest absolute Gasteiger partial charge is 0.465 e. The van der Waals surface area contributed by atoms with Gasteiger partial charge in [0.1, 0.15) is 13.2 Å². The SMILES string of the molecule is C=C(C)C(=O)OCCOC(=O)C(C)(C)CC.CCCC[Si](C)(C)O[Si](C)(C)O[Si](C)(C)CCCOC(=O)C(C)(C)CC. The molecule has 0 aromatic heterocycles. The van der Waals surface area contributed by atoms with Crippen molar-refractivity contribution >= 4 is 43.1 Å². The quantitative estimate of drug-likeness (QED) is 0.0453. The smallest absolute Gasteiger partial charge is 0.333 e. The van der Waals surface area contributed by atoms with Crippen molar-refractivity contribution in [2.24, 2.45) is 10.8 Å². The molecular weight excluding hydrogens is 585 g/mol. The van der Waals surface area contributed by atoms with Gasteiger partial charge in [0.15, 0.2) is 16.6 Å². The minimum absolute atomic E-state index is 0.0667. The molecule has 0 heterocycles. The number of esters is 3. The molecule has 0 rings (SSSR count).